The zero-order valence-corrected chi connectivity index (χ0v) is 26.2. The van der Waals surface area contributed by atoms with Crippen molar-refractivity contribution in [1.29, 1.82) is 0 Å². The molecule has 2 saturated carbocycles. The highest BCUT2D eigenvalue weighted by molar-refractivity contribution is 6.30. The Morgan fingerprint density at radius 2 is 1.89 bits per heavy atom. The van der Waals surface area contributed by atoms with Gasteiger partial charge in [0.2, 0.25) is 5.91 Å². The summed E-state index contributed by atoms with van der Waals surface area (Å²) in [6, 6.07) is 13.8. The van der Waals surface area contributed by atoms with Crippen molar-refractivity contribution in [2.24, 2.45) is 5.92 Å². The highest BCUT2D eigenvalue weighted by Crippen LogP contribution is 2.48. The lowest BCUT2D eigenvalue weighted by Crippen LogP contribution is -2.48. The van der Waals surface area contributed by atoms with E-state index in [-0.39, 0.29) is 23.7 Å². The highest BCUT2D eigenvalue weighted by atomic mass is 35.5. The van der Waals surface area contributed by atoms with E-state index in [0.29, 0.717) is 36.5 Å². The lowest BCUT2D eigenvalue weighted by atomic mass is 10.1. The van der Waals surface area contributed by atoms with E-state index in [1.54, 1.807) is 6.20 Å². The van der Waals surface area contributed by atoms with Crippen LogP contribution in [-0.4, -0.2) is 70.5 Å². The molecular weight excluding hydrogens is 590 g/mol. The number of aromatic nitrogens is 3. The van der Waals surface area contributed by atoms with E-state index in [1.165, 1.54) is 18.4 Å². The van der Waals surface area contributed by atoms with Gasteiger partial charge >= 0.3 is 5.97 Å². The summed E-state index contributed by atoms with van der Waals surface area (Å²) in [5.74, 6) is 1.07. The van der Waals surface area contributed by atoms with Gasteiger partial charge in [-0.3, -0.25) is 14.5 Å². The predicted molar refractivity (Wildman–Crippen MR) is 175 cm³/mol. The number of fused-ring (bicyclic) bond motifs is 1. The van der Waals surface area contributed by atoms with Crippen LogP contribution in [0.25, 0.3) is 5.65 Å². The molecule has 1 aliphatic heterocycles. The summed E-state index contributed by atoms with van der Waals surface area (Å²) in [4.78, 5) is 38.9. The second kappa shape index (κ2) is 12.7. The van der Waals surface area contributed by atoms with Crippen molar-refractivity contribution in [3.63, 3.8) is 0 Å². The number of carbonyl (C=O) groups excluding carboxylic acids is 2. The predicted octanol–water partition coefficient (Wildman–Crippen LogP) is 5.30. The monoisotopic (exact) mass is 627 g/mol. The summed E-state index contributed by atoms with van der Waals surface area (Å²) >= 11 is 6.14. The summed E-state index contributed by atoms with van der Waals surface area (Å²) in [5.41, 5.74) is 6.32. The van der Waals surface area contributed by atoms with Crippen LogP contribution in [0.1, 0.15) is 54.8 Å². The number of halogens is 1. The van der Waals surface area contributed by atoms with Crippen LogP contribution >= 0.6 is 11.6 Å². The number of imidazole rings is 1. The lowest BCUT2D eigenvalue weighted by molar-refractivity contribution is -0.144. The Kier molecular flexibility index (Phi) is 8.33. The summed E-state index contributed by atoms with van der Waals surface area (Å²) in [6.45, 7) is 6.38. The number of pyridine rings is 2. The third-order valence-electron chi connectivity index (χ3n) is 8.91. The van der Waals surface area contributed by atoms with E-state index >= 15 is 0 Å². The first kappa shape index (κ1) is 29.6. The molecule has 2 N–H and O–H groups in total. The Morgan fingerprint density at radius 1 is 1.04 bits per heavy atom. The molecule has 0 bridgehead atoms. The number of rotatable bonds is 11. The van der Waals surface area contributed by atoms with E-state index in [9.17, 15) is 9.59 Å². The van der Waals surface area contributed by atoms with E-state index < -0.39 is 0 Å². The third kappa shape index (κ3) is 6.92. The maximum atomic E-state index is 12.9. The van der Waals surface area contributed by atoms with Gasteiger partial charge in [0.05, 0.1) is 31.1 Å². The molecule has 7 rings (SSSR count). The molecule has 4 heterocycles. The number of hydrogen-bond donors (Lipinski definition) is 2. The quantitative estimate of drug-likeness (QED) is 0.216. The van der Waals surface area contributed by atoms with Crippen LogP contribution in [0, 0.1) is 5.92 Å². The molecule has 2 atom stereocenters. The Balaban J connectivity index is 0.999. The number of esters is 1. The molecule has 10 nitrogen and oxygen atoms in total. The average molecular weight is 628 g/mol. The van der Waals surface area contributed by atoms with Crippen molar-refractivity contribution in [3.05, 3.63) is 82.9 Å². The number of nitrogens with one attached hydrogen (secondary N) is 2. The SMILES string of the molecule is CCOC(=O)CN1CCN(c2cc(C3CC3)cn3cc(CNc4ccnc(NC(=O)[C@H]5C[C@@H]5c5cccc(Cl)c5)c4)nc23)CC1. The third-order valence-corrected chi connectivity index (χ3v) is 9.15. The molecule has 1 amide bonds. The van der Waals surface area contributed by atoms with Gasteiger partial charge in [-0.1, -0.05) is 23.7 Å². The fourth-order valence-corrected chi connectivity index (χ4v) is 6.46. The molecule has 45 heavy (non-hydrogen) atoms. The van der Waals surface area contributed by atoms with Crippen LogP contribution in [0.4, 0.5) is 17.2 Å². The summed E-state index contributed by atoms with van der Waals surface area (Å²) < 4.78 is 7.30. The molecule has 0 unspecified atom stereocenters. The van der Waals surface area contributed by atoms with E-state index in [4.69, 9.17) is 21.3 Å². The van der Waals surface area contributed by atoms with E-state index in [0.717, 1.165) is 60.9 Å². The van der Waals surface area contributed by atoms with Crippen LogP contribution in [-0.2, 0) is 20.9 Å². The highest BCUT2D eigenvalue weighted by Gasteiger charge is 2.44. The number of amides is 1. The van der Waals surface area contributed by atoms with Gasteiger partial charge in [0.1, 0.15) is 5.82 Å². The number of carbonyl (C=O) groups is 2. The largest absolute Gasteiger partial charge is 0.465 e. The maximum Gasteiger partial charge on any atom is 0.320 e. The molecule has 2 aliphatic carbocycles. The van der Waals surface area contributed by atoms with Crippen LogP contribution in [0.5, 0.6) is 0 Å². The minimum absolute atomic E-state index is 0.0225. The van der Waals surface area contributed by atoms with Crippen molar-refractivity contribution in [3.8, 4) is 0 Å². The van der Waals surface area contributed by atoms with E-state index in [1.807, 2.05) is 43.3 Å². The number of benzene rings is 1. The van der Waals surface area contributed by atoms with Crippen molar-refractivity contribution < 1.29 is 14.3 Å². The maximum absolute atomic E-state index is 12.9. The van der Waals surface area contributed by atoms with Gasteiger partial charge in [-0.25, -0.2) is 9.97 Å². The van der Waals surface area contributed by atoms with Gasteiger partial charge in [0, 0.05) is 67.5 Å². The standard InChI is InChI=1S/C34H38ClN7O3/c1-2-45-32(43)21-40-10-12-41(13-11-40)30-15-24(22-6-7-22)19-42-20-27(38-33(30)42)18-37-26-8-9-36-31(16-26)39-34(44)29-17-28(29)23-4-3-5-25(35)14-23/h3-5,8-9,14-16,19-20,22,28-29H,2,6-7,10-13,17-18,21H2,1H3,(H2,36,37,39,44)/t28-,29+/m1/s1. The Hall–Kier alpha value is -4.15. The van der Waals surface area contributed by atoms with Gasteiger partial charge in [0.25, 0.3) is 0 Å². The normalized spacial score (nSPS) is 19.8. The van der Waals surface area contributed by atoms with Gasteiger partial charge < -0.3 is 24.7 Å². The molecular formula is C34H38ClN7O3. The number of hydrogen-bond acceptors (Lipinski definition) is 8. The topological polar surface area (TPSA) is 104 Å². The Bertz CT molecular complexity index is 1710. The van der Waals surface area contributed by atoms with Crippen LogP contribution in [0.2, 0.25) is 5.02 Å². The molecule has 11 heteroatoms. The van der Waals surface area contributed by atoms with Crippen LogP contribution in [0.15, 0.2) is 61.1 Å². The minimum Gasteiger partial charge on any atom is -0.465 e. The zero-order chi connectivity index (χ0) is 30.9. The van der Waals surface area contributed by atoms with Crippen molar-refractivity contribution in [2.45, 2.75) is 44.6 Å². The first-order valence-electron chi connectivity index (χ1n) is 15.8. The smallest absolute Gasteiger partial charge is 0.320 e. The van der Waals surface area contributed by atoms with Crippen molar-refractivity contribution >= 4 is 46.3 Å². The number of piperazine rings is 1. The second-order valence-electron chi connectivity index (χ2n) is 12.2. The van der Waals surface area contributed by atoms with Crippen molar-refractivity contribution in [1.82, 2.24) is 19.3 Å². The molecule has 1 saturated heterocycles. The molecule has 4 aromatic rings. The molecule has 0 spiro atoms. The summed E-state index contributed by atoms with van der Waals surface area (Å²) in [7, 11) is 0. The number of anilines is 3. The molecule has 3 fully saturated rings. The molecule has 234 valence electrons. The first-order valence-corrected chi connectivity index (χ1v) is 16.2. The Labute approximate surface area is 267 Å². The summed E-state index contributed by atoms with van der Waals surface area (Å²) in [5, 5.41) is 7.14. The van der Waals surface area contributed by atoms with Crippen LogP contribution < -0.4 is 15.5 Å². The fourth-order valence-electron chi connectivity index (χ4n) is 6.26. The minimum atomic E-state index is -0.163. The van der Waals surface area contributed by atoms with Crippen LogP contribution in [0.3, 0.4) is 0 Å². The Morgan fingerprint density at radius 3 is 2.67 bits per heavy atom. The molecule has 1 aromatic carbocycles. The van der Waals surface area contributed by atoms with Gasteiger partial charge in [-0.05, 0) is 73.4 Å². The van der Waals surface area contributed by atoms with Gasteiger partial charge in [-0.2, -0.15) is 0 Å². The average Bonchev–Trinajstić information content (AvgIpc) is 3.97. The molecule has 3 aliphatic rings. The fraction of sp³-hybridized carbons (Fsp3) is 0.412. The first-order chi connectivity index (χ1) is 21.9. The summed E-state index contributed by atoms with van der Waals surface area (Å²) in [6.07, 6.45) is 9.28. The zero-order valence-electron chi connectivity index (χ0n) is 25.4. The van der Waals surface area contributed by atoms with E-state index in [2.05, 4.69) is 48.3 Å². The van der Waals surface area contributed by atoms with Gasteiger partial charge in [0.15, 0.2) is 5.65 Å². The van der Waals surface area contributed by atoms with Gasteiger partial charge in [-0.15, -0.1) is 0 Å². The number of ether oxygens (including phenoxy) is 1. The van der Waals surface area contributed by atoms with Crippen molar-refractivity contribution in [2.75, 3.05) is 54.9 Å². The molecule has 0 radical (unpaired) electrons. The molecule has 3 aromatic heterocycles. The number of nitrogens with zero attached hydrogens (tertiary/aromatic N) is 5. The lowest BCUT2D eigenvalue weighted by Gasteiger charge is -2.35. The second-order valence-corrected chi connectivity index (χ2v) is 12.7.